The van der Waals surface area contributed by atoms with Gasteiger partial charge in [-0.05, 0) is 17.2 Å². The number of anilines is 1. The van der Waals surface area contributed by atoms with E-state index in [1.807, 2.05) is 24.3 Å². The van der Waals surface area contributed by atoms with E-state index in [1.54, 1.807) is 0 Å². The fourth-order valence-electron chi connectivity index (χ4n) is 1.58. The van der Waals surface area contributed by atoms with Gasteiger partial charge in [0, 0.05) is 12.6 Å². The number of carbonyl (C=O) groups is 1. The van der Waals surface area contributed by atoms with E-state index in [-0.39, 0.29) is 17.9 Å². The minimum absolute atomic E-state index is 0.194. The summed E-state index contributed by atoms with van der Waals surface area (Å²) < 4.78 is 0. The molecular weight excluding hydrogens is 244 g/mol. The van der Waals surface area contributed by atoms with Crippen LogP contribution in [-0.4, -0.2) is 16.1 Å². The van der Waals surface area contributed by atoms with Gasteiger partial charge in [0.2, 0.25) is 5.91 Å². The SMILES string of the molecule is NCc1ccc(CC(=O)Nc2ccc(=O)[nH]n2)cc1. The van der Waals surface area contributed by atoms with Gasteiger partial charge in [0.15, 0.2) is 5.82 Å². The Hall–Kier alpha value is -2.47. The van der Waals surface area contributed by atoms with Crippen LogP contribution in [0.25, 0.3) is 0 Å². The van der Waals surface area contributed by atoms with Crippen molar-refractivity contribution in [2.75, 3.05) is 5.32 Å². The number of nitrogens with zero attached hydrogens (tertiary/aromatic N) is 1. The number of aromatic nitrogens is 2. The van der Waals surface area contributed by atoms with Crippen LogP contribution in [0.15, 0.2) is 41.2 Å². The number of rotatable bonds is 4. The molecule has 0 unspecified atom stereocenters. The molecule has 2 aromatic rings. The van der Waals surface area contributed by atoms with Crippen molar-refractivity contribution < 1.29 is 4.79 Å². The maximum Gasteiger partial charge on any atom is 0.264 e. The molecule has 0 spiro atoms. The quantitative estimate of drug-likeness (QED) is 0.739. The van der Waals surface area contributed by atoms with Crippen molar-refractivity contribution in [3.63, 3.8) is 0 Å². The second kappa shape index (κ2) is 5.92. The highest BCUT2D eigenvalue weighted by molar-refractivity contribution is 5.91. The van der Waals surface area contributed by atoms with Crippen molar-refractivity contribution >= 4 is 11.7 Å². The molecule has 6 heteroatoms. The van der Waals surface area contributed by atoms with Gasteiger partial charge >= 0.3 is 0 Å². The number of hydrogen-bond acceptors (Lipinski definition) is 4. The van der Waals surface area contributed by atoms with Crippen LogP contribution < -0.4 is 16.6 Å². The second-order valence-electron chi connectivity index (χ2n) is 4.05. The Kier molecular flexibility index (Phi) is 4.04. The Balaban J connectivity index is 1.96. The maximum atomic E-state index is 11.8. The molecule has 0 radical (unpaired) electrons. The summed E-state index contributed by atoms with van der Waals surface area (Å²) in [6, 6.07) is 10.3. The molecule has 1 heterocycles. The summed E-state index contributed by atoms with van der Waals surface area (Å²) in [5, 5.41) is 8.55. The first-order valence-electron chi connectivity index (χ1n) is 5.81. The highest BCUT2D eigenvalue weighted by Gasteiger charge is 2.05. The summed E-state index contributed by atoms with van der Waals surface area (Å²) in [5.41, 5.74) is 7.10. The fourth-order valence-corrected chi connectivity index (χ4v) is 1.58. The number of hydrogen-bond donors (Lipinski definition) is 3. The number of nitrogens with two attached hydrogens (primary N) is 1. The van der Waals surface area contributed by atoms with Crippen molar-refractivity contribution in [2.24, 2.45) is 5.73 Å². The predicted octanol–water partition coefficient (Wildman–Crippen LogP) is 0.410. The summed E-state index contributed by atoms with van der Waals surface area (Å²) in [4.78, 5) is 22.6. The van der Waals surface area contributed by atoms with E-state index in [1.165, 1.54) is 12.1 Å². The average molecular weight is 258 g/mol. The van der Waals surface area contributed by atoms with E-state index in [2.05, 4.69) is 15.5 Å². The normalized spacial score (nSPS) is 10.2. The topological polar surface area (TPSA) is 101 Å². The van der Waals surface area contributed by atoms with Gasteiger partial charge < -0.3 is 11.1 Å². The van der Waals surface area contributed by atoms with Crippen LogP contribution in [-0.2, 0) is 17.8 Å². The van der Waals surface area contributed by atoms with Gasteiger partial charge in [0.25, 0.3) is 5.56 Å². The first-order valence-corrected chi connectivity index (χ1v) is 5.81. The highest BCUT2D eigenvalue weighted by Crippen LogP contribution is 2.06. The van der Waals surface area contributed by atoms with Crippen LogP contribution in [0.5, 0.6) is 0 Å². The number of aromatic amines is 1. The Morgan fingerprint density at radius 1 is 1.16 bits per heavy atom. The first kappa shape index (κ1) is 13.0. The Morgan fingerprint density at radius 3 is 2.42 bits per heavy atom. The zero-order chi connectivity index (χ0) is 13.7. The Morgan fingerprint density at radius 2 is 1.84 bits per heavy atom. The molecule has 0 fully saturated rings. The monoisotopic (exact) mass is 258 g/mol. The molecule has 1 aromatic heterocycles. The summed E-state index contributed by atoms with van der Waals surface area (Å²) in [6.07, 6.45) is 0.242. The minimum atomic E-state index is -0.310. The number of benzene rings is 1. The van der Waals surface area contributed by atoms with Crippen molar-refractivity contribution in [3.8, 4) is 0 Å². The number of H-pyrrole nitrogens is 1. The lowest BCUT2D eigenvalue weighted by atomic mass is 10.1. The standard InChI is InChI=1S/C13H14N4O2/c14-8-10-3-1-9(2-4-10)7-13(19)15-11-5-6-12(18)17-16-11/h1-6H,7-8,14H2,(H,17,18)(H,15,16,19). The smallest absolute Gasteiger partial charge is 0.264 e. The lowest BCUT2D eigenvalue weighted by molar-refractivity contribution is -0.115. The van der Waals surface area contributed by atoms with E-state index in [4.69, 9.17) is 5.73 Å². The number of amides is 1. The largest absolute Gasteiger partial charge is 0.326 e. The van der Waals surface area contributed by atoms with E-state index in [0.29, 0.717) is 12.4 Å². The molecule has 0 saturated carbocycles. The first-order chi connectivity index (χ1) is 9.17. The predicted molar refractivity (Wildman–Crippen MR) is 71.5 cm³/mol. The molecule has 19 heavy (non-hydrogen) atoms. The van der Waals surface area contributed by atoms with Crippen molar-refractivity contribution in [1.82, 2.24) is 10.2 Å². The molecule has 0 aliphatic carbocycles. The lowest BCUT2D eigenvalue weighted by Gasteiger charge is -2.04. The molecule has 0 atom stereocenters. The third-order valence-electron chi connectivity index (χ3n) is 2.57. The molecule has 0 saturated heterocycles. The molecule has 2 rings (SSSR count). The van der Waals surface area contributed by atoms with E-state index >= 15 is 0 Å². The minimum Gasteiger partial charge on any atom is -0.326 e. The summed E-state index contributed by atoms with van der Waals surface area (Å²) in [7, 11) is 0. The van der Waals surface area contributed by atoms with Gasteiger partial charge in [0.05, 0.1) is 6.42 Å². The molecule has 1 aromatic carbocycles. The number of carbonyl (C=O) groups excluding carboxylic acids is 1. The second-order valence-corrected chi connectivity index (χ2v) is 4.05. The summed E-state index contributed by atoms with van der Waals surface area (Å²) in [6.45, 7) is 0.480. The van der Waals surface area contributed by atoms with Crippen molar-refractivity contribution in [2.45, 2.75) is 13.0 Å². The van der Waals surface area contributed by atoms with Gasteiger partial charge in [-0.2, -0.15) is 5.10 Å². The third-order valence-corrected chi connectivity index (χ3v) is 2.57. The molecular formula is C13H14N4O2. The van der Waals surface area contributed by atoms with Gasteiger partial charge in [0.1, 0.15) is 0 Å². The molecule has 6 nitrogen and oxygen atoms in total. The molecule has 0 aliphatic heterocycles. The third kappa shape index (κ3) is 3.75. The summed E-state index contributed by atoms with van der Waals surface area (Å²) in [5.74, 6) is 0.128. The van der Waals surface area contributed by atoms with E-state index in [0.717, 1.165) is 11.1 Å². The van der Waals surface area contributed by atoms with Crippen LogP contribution in [0, 0.1) is 0 Å². The van der Waals surface area contributed by atoms with Crippen LogP contribution in [0.1, 0.15) is 11.1 Å². The Labute approximate surface area is 109 Å². The molecule has 4 N–H and O–H groups in total. The zero-order valence-corrected chi connectivity index (χ0v) is 10.2. The molecule has 1 amide bonds. The van der Waals surface area contributed by atoms with Gasteiger partial charge in [-0.1, -0.05) is 24.3 Å². The van der Waals surface area contributed by atoms with Gasteiger partial charge in [-0.25, -0.2) is 5.10 Å². The number of nitrogens with one attached hydrogen (secondary N) is 2. The van der Waals surface area contributed by atoms with Crippen LogP contribution in [0.2, 0.25) is 0 Å². The fraction of sp³-hybridized carbons (Fsp3) is 0.154. The van der Waals surface area contributed by atoms with Gasteiger partial charge in [-0.15, -0.1) is 0 Å². The highest BCUT2D eigenvalue weighted by atomic mass is 16.1. The lowest BCUT2D eigenvalue weighted by Crippen LogP contribution is -2.17. The maximum absolute atomic E-state index is 11.8. The average Bonchev–Trinajstić information content (AvgIpc) is 2.42. The van der Waals surface area contributed by atoms with E-state index < -0.39 is 0 Å². The van der Waals surface area contributed by atoms with Crippen LogP contribution >= 0.6 is 0 Å². The molecule has 0 bridgehead atoms. The molecule has 98 valence electrons. The zero-order valence-electron chi connectivity index (χ0n) is 10.2. The molecule has 0 aliphatic rings. The van der Waals surface area contributed by atoms with E-state index in [9.17, 15) is 9.59 Å². The Bertz CT molecular complexity index is 599. The van der Waals surface area contributed by atoms with Crippen LogP contribution in [0.4, 0.5) is 5.82 Å². The van der Waals surface area contributed by atoms with Gasteiger partial charge in [-0.3, -0.25) is 9.59 Å². The van der Waals surface area contributed by atoms with Crippen molar-refractivity contribution in [1.29, 1.82) is 0 Å². The van der Waals surface area contributed by atoms with Crippen molar-refractivity contribution in [3.05, 3.63) is 57.9 Å². The summed E-state index contributed by atoms with van der Waals surface area (Å²) >= 11 is 0. The van der Waals surface area contributed by atoms with Crippen LogP contribution in [0.3, 0.4) is 0 Å².